The molecule has 0 aliphatic carbocycles. The Bertz CT molecular complexity index is 1520. The SMILES string of the molecule is Cc1ccc(C(=O)c2nn(-c3ccc(Cl)cc3)c(NCCCNCc3c[nH]c4ccccc34)c2N)cc1. The van der Waals surface area contributed by atoms with Crippen LogP contribution >= 0.6 is 11.6 Å². The van der Waals surface area contributed by atoms with Gasteiger partial charge in [-0.2, -0.15) is 5.10 Å². The molecule has 0 saturated heterocycles. The molecule has 3 aromatic carbocycles. The van der Waals surface area contributed by atoms with Gasteiger partial charge in [0.2, 0.25) is 5.78 Å². The van der Waals surface area contributed by atoms with Crippen molar-refractivity contribution in [3.63, 3.8) is 0 Å². The predicted octanol–water partition coefficient (Wildman–Crippen LogP) is 5.72. The maximum Gasteiger partial charge on any atom is 0.215 e. The van der Waals surface area contributed by atoms with E-state index in [1.54, 1.807) is 28.9 Å². The summed E-state index contributed by atoms with van der Waals surface area (Å²) in [5.74, 6) is 0.378. The first-order valence-electron chi connectivity index (χ1n) is 12.3. The molecule has 2 heterocycles. The Hall–Kier alpha value is -4.07. The summed E-state index contributed by atoms with van der Waals surface area (Å²) in [6.07, 6.45) is 2.91. The van der Waals surface area contributed by atoms with Gasteiger partial charge < -0.3 is 21.4 Å². The van der Waals surface area contributed by atoms with Crippen LogP contribution in [0, 0.1) is 6.92 Å². The molecule has 0 spiro atoms. The Morgan fingerprint density at radius 3 is 2.57 bits per heavy atom. The summed E-state index contributed by atoms with van der Waals surface area (Å²) in [5.41, 5.74) is 11.8. The van der Waals surface area contributed by atoms with Crippen molar-refractivity contribution >= 4 is 39.8 Å². The van der Waals surface area contributed by atoms with Crippen molar-refractivity contribution in [3.8, 4) is 5.69 Å². The van der Waals surface area contributed by atoms with Gasteiger partial charge in [-0.05, 0) is 55.8 Å². The van der Waals surface area contributed by atoms with Crippen LogP contribution in [0.4, 0.5) is 11.5 Å². The van der Waals surface area contributed by atoms with Gasteiger partial charge in [-0.1, -0.05) is 59.6 Å². The Kier molecular flexibility index (Phi) is 7.25. The summed E-state index contributed by atoms with van der Waals surface area (Å²) in [4.78, 5) is 16.5. The number of rotatable bonds is 10. The van der Waals surface area contributed by atoms with E-state index in [1.165, 1.54) is 10.9 Å². The number of hydrogen-bond donors (Lipinski definition) is 4. The smallest absolute Gasteiger partial charge is 0.215 e. The number of ketones is 1. The molecule has 7 nitrogen and oxygen atoms in total. The van der Waals surface area contributed by atoms with Gasteiger partial charge in [0.1, 0.15) is 5.69 Å². The van der Waals surface area contributed by atoms with Crippen LogP contribution in [0.2, 0.25) is 5.02 Å². The number of aryl methyl sites for hydroxylation is 1. The van der Waals surface area contributed by atoms with Crippen molar-refractivity contribution in [1.82, 2.24) is 20.1 Å². The number of aromatic nitrogens is 3. The number of nitrogens with zero attached hydrogens (tertiary/aromatic N) is 2. The fraction of sp³-hybridized carbons (Fsp3) is 0.172. The van der Waals surface area contributed by atoms with Gasteiger partial charge in [0, 0.05) is 40.8 Å². The van der Waals surface area contributed by atoms with Gasteiger partial charge in [-0.3, -0.25) is 4.79 Å². The van der Waals surface area contributed by atoms with Crippen LogP contribution in [0.1, 0.15) is 33.6 Å². The number of anilines is 2. The van der Waals surface area contributed by atoms with Crippen LogP contribution in [-0.2, 0) is 6.54 Å². The zero-order valence-corrected chi connectivity index (χ0v) is 21.3. The number of benzene rings is 3. The van der Waals surface area contributed by atoms with E-state index in [0.717, 1.165) is 36.3 Å². The summed E-state index contributed by atoms with van der Waals surface area (Å²) in [5, 5.41) is 13.4. The molecular formula is C29H29ClN6O. The van der Waals surface area contributed by atoms with Crippen molar-refractivity contribution in [2.75, 3.05) is 24.1 Å². The molecule has 0 atom stereocenters. The topological polar surface area (TPSA) is 101 Å². The summed E-state index contributed by atoms with van der Waals surface area (Å²) in [6, 6.07) is 23.0. The number of carbonyl (C=O) groups is 1. The lowest BCUT2D eigenvalue weighted by Gasteiger charge is -2.11. The molecule has 0 aliphatic heterocycles. The third-order valence-corrected chi connectivity index (χ3v) is 6.59. The number of nitrogens with one attached hydrogen (secondary N) is 3. The van der Waals surface area contributed by atoms with E-state index in [-0.39, 0.29) is 11.5 Å². The lowest BCUT2D eigenvalue weighted by atomic mass is 10.1. The predicted molar refractivity (Wildman–Crippen MR) is 151 cm³/mol. The fourth-order valence-corrected chi connectivity index (χ4v) is 4.43. The second-order valence-corrected chi connectivity index (χ2v) is 9.45. The van der Waals surface area contributed by atoms with Crippen LogP contribution in [0.25, 0.3) is 16.6 Å². The molecule has 37 heavy (non-hydrogen) atoms. The van der Waals surface area contributed by atoms with E-state index in [1.807, 2.05) is 43.5 Å². The molecule has 0 saturated carbocycles. The summed E-state index contributed by atoms with van der Waals surface area (Å²) in [7, 11) is 0. The minimum absolute atomic E-state index is 0.214. The zero-order chi connectivity index (χ0) is 25.8. The standard InChI is InChI=1S/C29H29ClN6O/c1-19-7-9-20(10-8-19)28(37)27-26(31)29(36(35-27)23-13-11-22(30)12-14-23)33-16-4-15-32-17-21-18-34-25-6-3-2-5-24(21)25/h2-3,5-14,18,32-34H,4,15-17,31H2,1H3. The van der Waals surface area contributed by atoms with Crippen LogP contribution in [-0.4, -0.2) is 33.6 Å². The summed E-state index contributed by atoms with van der Waals surface area (Å²) < 4.78 is 1.67. The van der Waals surface area contributed by atoms with Crippen molar-refractivity contribution in [3.05, 3.63) is 106 Å². The van der Waals surface area contributed by atoms with Crippen molar-refractivity contribution in [2.45, 2.75) is 19.9 Å². The highest BCUT2D eigenvalue weighted by Gasteiger charge is 2.23. The number of hydrogen-bond acceptors (Lipinski definition) is 5. The minimum Gasteiger partial charge on any atom is -0.394 e. The van der Waals surface area contributed by atoms with E-state index in [4.69, 9.17) is 17.3 Å². The van der Waals surface area contributed by atoms with Crippen LogP contribution < -0.4 is 16.4 Å². The highest BCUT2D eigenvalue weighted by Crippen LogP contribution is 2.29. The molecule has 0 fully saturated rings. The Morgan fingerprint density at radius 1 is 1.03 bits per heavy atom. The number of aromatic amines is 1. The maximum atomic E-state index is 13.2. The van der Waals surface area contributed by atoms with E-state index in [0.29, 0.717) is 28.6 Å². The van der Waals surface area contributed by atoms with Gasteiger partial charge in [-0.25, -0.2) is 4.68 Å². The lowest BCUT2D eigenvalue weighted by molar-refractivity contribution is 0.103. The number of carbonyl (C=O) groups excluding carboxylic acids is 1. The Balaban J connectivity index is 1.28. The normalized spacial score (nSPS) is 11.2. The average molecular weight is 513 g/mol. The number of halogens is 1. The summed E-state index contributed by atoms with van der Waals surface area (Å²) in [6.45, 7) is 4.23. The molecule has 0 unspecified atom stereocenters. The number of fused-ring (bicyclic) bond motifs is 1. The molecule has 0 aliphatic rings. The third-order valence-electron chi connectivity index (χ3n) is 6.34. The van der Waals surface area contributed by atoms with Crippen molar-refractivity contribution in [2.24, 2.45) is 0 Å². The van der Waals surface area contributed by atoms with Crippen LogP contribution in [0.5, 0.6) is 0 Å². The monoisotopic (exact) mass is 512 g/mol. The van der Waals surface area contributed by atoms with E-state index in [2.05, 4.69) is 38.9 Å². The second-order valence-electron chi connectivity index (χ2n) is 9.01. The van der Waals surface area contributed by atoms with Crippen molar-refractivity contribution < 1.29 is 4.79 Å². The molecular weight excluding hydrogens is 484 g/mol. The fourth-order valence-electron chi connectivity index (χ4n) is 4.30. The zero-order valence-electron chi connectivity index (χ0n) is 20.6. The van der Waals surface area contributed by atoms with Gasteiger partial charge in [0.25, 0.3) is 0 Å². The molecule has 188 valence electrons. The molecule has 5 N–H and O–H groups in total. The maximum absolute atomic E-state index is 13.2. The van der Waals surface area contributed by atoms with Crippen LogP contribution in [0.3, 0.4) is 0 Å². The first-order valence-corrected chi connectivity index (χ1v) is 12.6. The molecule has 0 bridgehead atoms. The van der Waals surface area contributed by atoms with Crippen LogP contribution in [0.15, 0.2) is 79.0 Å². The van der Waals surface area contributed by atoms with Gasteiger partial charge in [-0.15, -0.1) is 0 Å². The minimum atomic E-state index is -0.214. The number of nitrogen functional groups attached to an aromatic ring is 1. The number of para-hydroxylation sites is 1. The number of H-pyrrole nitrogens is 1. The first kappa shape index (κ1) is 24.6. The van der Waals surface area contributed by atoms with Crippen molar-refractivity contribution in [1.29, 1.82) is 0 Å². The lowest BCUT2D eigenvalue weighted by Crippen LogP contribution is -2.18. The van der Waals surface area contributed by atoms with Gasteiger partial charge in [0.15, 0.2) is 11.5 Å². The highest BCUT2D eigenvalue weighted by atomic mass is 35.5. The third kappa shape index (κ3) is 5.38. The Labute approximate surface area is 220 Å². The van der Waals surface area contributed by atoms with Gasteiger partial charge in [0.05, 0.1) is 5.69 Å². The first-order chi connectivity index (χ1) is 18.0. The number of nitrogens with two attached hydrogens (primary N) is 1. The highest BCUT2D eigenvalue weighted by molar-refractivity contribution is 6.30. The van der Waals surface area contributed by atoms with E-state index in [9.17, 15) is 4.79 Å². The van der Waals surface area contributed by atoms with Gasteiger partial charge >= 0.3 is 0 Å². The summed E-state index contributed by atoms with van der Waals surface area (Å²) >= 11 is 6.09. The average Bonchev–Trinajstić information content (AvgIpc) is 3.47. The molecule has 2 aromatic heterocycles. The molecule has 0 radical (unpaired) electrons. The molecule has 5 rings (SSSR count). The van der Waals surface area contributed by atoms with E-state index < -0.39 is 0 Å². The largest absolute Gasteiger partial charge is 0.394 e. The van der Waals surface area contributed by atoms with E-state index >= 15 is 0 Å². The second kappa shape index (κ2) is 10.9. The molecule has 5 aromatic rings. The quantitative estimate of drug-likeness (QED) is 0.142. The molecule has 0 amide bonds. The Morgan fingerprint density at radius 2 is 1.78 bits per heavy atom. The molecule has 8 heteroatoms.